The van der Waals surface area contributed by atoms with Crippen molar-refractivity contribution < 1.29 is 9.53 Å². The molecular formula is C16H10ClNO2S2. The molecule has 110 valence electrons. The molecule has 0 N–H and O–H groups in total. The zero-order valence-electron chi connectivity index (χ0n) is 11.5. The van der Waals surface area contributed by atoms with Gasteiger partial charge in [-0.3, -0.25) is 4.79 Å². The minimum absolute atomic E-state index is 0.343. The molecule has 0 aliphatic heterocycles. The van der Waals surface area contributed by atoms with E-state index in [0.29, 0.717) is 10.8 Å². The summed E-state index contributed by atoms with van der Waals surface area (Å²) in [5.41, 5.74) is 1.73. The van der Waals surface area contributed by atoms with Gasteiger partial charge in [-0.15, -0.1) is 11.3 Å². The van der Waals surface area contributed by atoms with Crippen LogP contribution in [0.1, 0.15) is 6.92 Å². The smallest absolute Gasteiger partial charge is 0.308 e. The molecule has 1 heterocycles. The summed E-state index contributed by atoms with van der Waals surface area (Å²) in [5.74, 6) is 0.163. The number of aromatic nitrogens is 1. The highest BCUT2D eigenvalue weighted by Crippen LogP contribution is 2.29. The third-order valence-corrected chi connectivity index (χ3v) is 4.58. The molecule has 0 unspecified atom stereocenters. The summed E-state index contributed by atoms with van der Waals surface area (Å²) in [7, 11) is 0. The van der Waals surface area contributed by atoms with Crippen molar-refractivity contribution in [2.24, 2.45) is 0 Å². The Labute approximate surface area is 141 Å². The fraction of sp³-hybridized carbons (Fsp3) is 0.0625. The number of benzene rings is 2. The van der Waals surface area contributed by atoms with Crippen molar-refractivity contribution >= 4 is 52.0 Å². The summed E-state index contributed by atoms with van der Waals surface area (Å²) in [6.07, 6.45) is 0. The van der Waals surface area contributed by atoms with Gasteiger partial charge in [-0.25, -0.2) is 4.98 Å². The van der Waals surface area contributed by atoms with Crippen LogP contribution in [0.2, 0.25) is 5.02 Å². The average Bonchev–Trinajstić information content (AvgIpc) is 2.48. The number of carbonyl (C=O) groups is 1. The van der Waals surface area contributed by atoms with E-state index in [1.54, 1.807) is 18.2 Å². The lowest BCUT2D eigenvalue weighted by Gasteiger charge is -2.05. The molecule has 0 bridgehead atoms. The Kier molecular flexibility index (Phi) is 4.20. The molecule has 0 saturated carbocycles. The van der Waals surface area contributed by atoms with Crippen LogP contribution in [0.4, 0.5) is 0 Å². The first-order valence-corrected chi connectivity index (χ1v) is 8.02. The molecule has 0 saturated heterocycles. The van der Waals surface area contributed by atoms with Gasteiger partial charge in [0.25, 0.3) is 0 Å². The molecule has 0 atom stereocenters. The van der Waals surface area contributed by atoms with Gasteiger partial charge in [0.2, 0.25) is 0 Å². The van der Waals surface area contributed by atoms with Gasteiger partial charge in [0, 0.05) is 22.9 Å². The molecule has 3 rings (SSSR count). The second-order valence-corrected chi connectivity index (χ2v) is 6.69. The SMILES string of the molecule is CC(=O)Oc1ccc(-c2nc3ccc(Cl)cc3c(=S)s2)cc1. The van der Waals surface area contributed by atoms with Crippen LogP contribution in [0.3, 0.4) is 0 Å². The van der Waals surface area contributed by atoms with E-state index in [9.17, 15) is 4.79 Å². The van der Waals surface area contributed by atoms with E-state index < -0.39 is 0 Å². The van der Waals surface area contributed by atoms with Crippen LogP contribution in [0.5, 0.6) is 5.75 Å². The van der Waals surface area contributed by atoms with Crippen molar-refractivity contribution in [3.63, 3.8) is 0 Å². The summed E-state index contributed by atoms with van der Waals surface area (Å²) in [4.78, 5) is 15.6. The Morgan fingerprint density at radius 3 is 2.64 bits per heavy atom. The maximum atomic E-state index is 10.9. The Balaban J connectivity index is 2.05. The summed E-state index contributed by atoms with van der Waals surface area (Å²) >= 11 is 12.9. The van der Waals surface area contributed by atoms with Gasteiger partial charge < -0.3 is 4.74 Å². The van der Waals surface area contributed by atoms with Crippen molar-refractivity contribution in [1.29, 1.82) is 0 Å². The van der Waals surface area contributed by atoms with Gasteiger partial charge in [-0.2, -0.15) is 0 Å². The molecule has 0 radical (unpaired) electrons. The topological polar surface area (TPSA) is 39.2 Å². The number of halogens is 1. The molecule has 3 aromatic rings. The molecule has 1 aromatic heterocycles. The van der Waals surface area contributed by atoms with E-state index >= 15 is 0 Å². The summed E-state index contributed by atoms with van der Waals surface area (Å²) < 4.78 is 5.76. The fourth-order valence-corrected chi connectivity index (χ4v) is 3.42. The fourth-order valence-electron chi connectivity index (χ4n) is 2.00. The van der Waals surface area contributed by atoms with E-state index in [2.05, 4.69) is 4.98 Å². The van der Waals surface area contributed by atoms with Gasteiger partial charge in [0.1, 0.15) is 14.6 Å². The number of ether oxygens (including phenoxy) is 1. The monoisotopic (exact) mass is 347 g/mol. The van der Waals surface area contributed by atoms with Crippen molar-refractivity contribution in [2.45, 2.75) is 6.92 Å². The van der Waals surface area contributed by atoms with Crippen LogP contribution >= 0.6 is 35.2 Å². The lowest BCUT2D eigenvalue weighted by atomic mass is 10.2. The number of carbonyl (C=O) groups excluding carboxylic acids is 1. The maximum Gasteiger partial charge on any atom is 0.308 e. The molecule has 0 amide bonds. The van der Waals surface area contributed by atoms with Crippen LogP contribution in [-0.2, 0) is 4.79 Å². The highest BCUT2D eigenvalue weighted by Gasteiger charge is 2.06. The molecule has 0 spiro atoms. The zero-order chi connectivity index (χ0) is 15.7. The van der Waals surface area contributed by atoms with E-state index in [0.717, 1.165) is 25.3 Å². The normalized spacial score (nSPS) is 10.6. The Morgan fingerprint density at radius 2 is 1.95 bits per heavy atom. The summed E-state index contributed by atoms with van der Waals surface area (Å²) in [5, 5.41) is 2.34. The zero-order valence-corrected chi connectivity index (χ0v) is 13.9. The van der Waals surface area contributed by atoms with Crippen LogP contribution in [0.25, 0.3) is 21.5 Å². The van der Waals surface area contributed by atoms with Crippen LogP contribution in [0, 0.1) is 3.82 Å². The molecule has 2 aromatic carbocycles. The minimum Gasteiger partial charge on any atom is -0.427 e. The van der Waals surface area contributed by atoms with Gasteiger partial charge in [0.15, 0.2) is 0 Å². The molecule has 0 fully saturated rings. The number of hydrogen-bond acceptors (Lipinski definition) is 5. The first-order valence-electron chi connectivity index (χ1n) is 6.42. The molecule has 22 heavy (non-hydrogen) atoms. The second-order valence-electron chi connectivity index (χ2n) is 4.59. The standard InChI is InChI=1S/C16H10ClNO2S2/c1-9(19)20-12-5-2-10(3-6-12)15-18-14-7-4-11(17)8-13(14)16(21)22-15/h2-8H,1H3. The van der Waals surface area contributed by atoms with Crippen LogP contribution in [-0.4, -0.2) is 11.0 Å². The Morgan fingerprint density at radius 1 is 1.23 bits per heavy atom. The van der Waals surface area contributed by atoms with Crippen molar-refractivity contribution in [3.8, 4) is 16.3 Å². The second kappa shape index (κ2) is 6.12. The third kappa shape index (κ3) is 3.16. The van der Waals surface area contributed by atoms with Crippen molar-refractivity contribution in [2.75, 3.05) is 0 Å². The lowest BCUT2D eigenvalue weighted by molar-refractivity contribution is -0.131. The number of rotatable bonds is 2. The van der Waals surface area contributed by atoms with Gasteiger partial charge in [0.05, 0.1) is 5.52 Å². The van der Waals surface area contributed by atoms with Crippen molar-refractivity contribution in [3.05, 3.63) is 51.3 Å². The first-order chi connectivity index (χ1) is 10.5. The largest absolute Gasteiger partial charge is 0.427 e. The van der Waals surface area contributed by atoms with Gasteiger partial charge in [-0.05, 0) is 42.5 Å². The maximum absolute atomic E-state index is 10.9. The number of fused-ring (bicyclic) bond motifs is 1. The molecule has 6 heteroatoms. The van der Waals surface area contributed by atoms with Crippen LogP contribution < -0.4 is 4.74 Å². The number of esters is 1. The lowest BCUT2D eigenvalue weighted by Crippen LogP contribution is -2.00. The van der Waals surface area contributed by atoms with E-state index in [1.165, 1.54) is 18.3 Å². The quantitative estimate of drug-likeness (QED) is 0.359. The van der Waals surface area contributed by atoms with E-state index in [1.807, 2.05) is 24.3 Å². The Hall–Kier alpha value is -1.82. The van der Waals surface area contributed by atoms with Crippen LogP contribution in [0.15, 0.2) is 42.5 Å². The summed E-state index contributed by atoms with van der Waals surface area (Å²) in [6.45, 7) is 1.37. The average molecular weight is 348 g/mol. The molecule has 3 nitrogen and oxygen atoms in total. The van der Waals surface area contributed by atoms with Gasteiger partial charge >= 0.3 is 5.97 Å². The minimum atomic E-state index is -0.343. The highest BCUT2D eigenvalue weighted by molar-refractivity contribution is 7.74. The number of hydrogen-bond donors (Lipinski definition) is 0. The third-order valence-electron chi connectivity index (χ3n) is 2.95. The molecule has 0 aliphatic rings. The van der Waals surface area contributed by atoms with E-state index in [-0.39, 0.29) is 5.97 Å². The molecular weight excluding hydrogens is 338 g/mol. The number of nitrogens with zero attached hydrogens (tertiary/aromatic N) is 1. The summed E-state index contributed by atoms with van der Waals surface area (Å²) in [6, 6.07) is 12.7. The first kappa shape index (κ1) is 15.1. The highest BCUT2D eigenvalue weighted by atomic mass is 35.5. The van der Waals surface area contributed by atoms with Crippen molar-refractivity contribution in [1.82, 2.24) is 4.98 Å². The predicted molar refractivity (Wildman–Crippen MR) is 92.2 cm³/mol. The molecule has 0 aliphatic carbocycles. The predicted octanol–water partition coefficient (Wildman–Crippen LogP) is 5.27. The van der Waals surface area contributed by atoms with Gasteiger partial charge in [-0.1, -0.05) is 23.8 Å². The Bertz CT molecular complexity index is 920. The van der Waals surface area contributed by atoms with E-state index in [4.69, 9.17) is 28.6 Å².